The van der Waals surface area contributed by atoms with Gasteiger partial charge in [0.2, 0.25) is 5.78 Å². The normalized spacial score (nSPS) is 11.1. The number of aromatic nitrogens is 2. The molecule has 0 amide bonds. The monoisotopic (exact) mass is 404 g/mol. The van der Waals surface area contributed by atoms with Crippen molar-refractivity contribution < 1.29 is 18.7 Å². The Morgan fingerprint density at radius 2 is 2.04 bits per heavy atom. The van der Waals surface area contributed by atoms with Gasteiger partial charge in [0.15, 0.2) is 6.61 Å². The van der Waals surface area contributed by atoms with Gasteiger partial charge in [0.25, 0.3) is 0 Å². The van der Waals surface area contributed by atoms with E-state index in [1.165, 1.54) is 40.3 Å². The molecule has 0 unspecified atom stereocenters. The number of benzene rings is 1. The Bertz CT molecular complexity index is 995. The number of Topliss-reactive ketones (excluding diaryl/α,β-unsaturated/α-hetero) is 1. The van der Waals surface area contributed by atoms with E-state index in [1.54, 1.807) is 36.6 Å². The SMILES string of the molecule is Cc1nn(-c2ccc(F)cc2)c(Cl)c1/C=C/C(=O)OCC(=O)c1cccs1. The number of aryl methyl sites for hydroxylation is 1. The van der Waals surface area contributed by atoms with E-state index in [1.807, 2.05) is 0 Å². The second-order valence-electron chi connectivity index (χ2n) is 5.52. The summed E-state index contributed by atoms with van der Waals surface area (Å²) in [6.45, 7) is 1.41. The van der Waals surface area contributed by atoms with Crippen LogP contribution in [0.3, 0.4) is 0 Å². The van der Waals surface area contributed by atoms with Crippen molar-refractivity contribution >= 4 is 40.8 Å². The number of hydrogen-bond donors (Lipinski definition) is 0. The van der Waals surface area contributed by atoms with Crippen molar-refractivity contribution in [2.24, 2.45) is 0 Å². The molecule has 0 bridgehead atoms. The minimum atomic E-state index is -0.662. The molecule has 3 aromatic rings. The molecular formula is C19H14ClFN2O3S. The summed E-state index contributed by atoms with van der Waals surface area (Å²) < 4.78 is 19.5. The van der Waals surface area contributed by atoms with Gasteiger partial charge in [0.1, 0.15) is 11.0 Å². The zero-order valence-electron chi connectivity index (χ0n) is 14.2. The molecule has 0 aliphatic carbocycles. The molecule has 2 aromatic heterocycles. The fraction of sp³-hybridized carbons (Fsp3) is 0.105. The summed E-state index contributed by atoms with van der Waals surface area (Å²) in [6, 6.07) is 9.13. The summed E-state index contributed by atoms with van der Waals surface area (Å²) in [7, 11) is 0. The van der Waals surface area contributed by atoms with Crippen LogP contribution in [0.1, 0.15) is 20.9 Å². The number of carbonyl (C=O) groups excluding carboxylic acids is 2. The van der Waals surface area contributed by atoms with Crippen molar-refractivity contribution in [2.75, 3.05) is 6.61 Å². The number of ether oxygens (including phenoxy) is 1. The van der Waals surface area contributed by atoms with Crippen molar-refractivity contribution in [1.29, 1.82) is 0 Å². The summed E-state index contributed by atoms with van der Waals surface area (Å²) in [5.41, 5.74) is 1.71. The Labute approximate surface area is 163 Å². The number of rotatable bonds is 6. The molecule has 2 heterocycles. The lowest BCUT2D eigenvalue weighted by atomic mass is 10.2. The van der Waals surface area contributed by atoms with E-state index in [9.17, 15) is 14.0 Å². The fourth-order valence-electron chi connectivity index (χ4n) is 2.30. The first-order valence-corrected chi connectivity index (χ1v) is 9.14. The molecule has 0 aliphatic rings. The third-order valence-corrected chi connectivity index (χ3v) is 4.92. The Balaban J connectivity index is 1.68. The van der Waals surface area contributed by atoms with Crippen LogP contribution >= 0.6 is 22.9 Å². The van der Waals surface area contributed by atoms with Crippen LogP contribution < -0.4 is 0 Å². The second-order valence-corrected chi connectivity index (χ2v) is 6.83. The first-order valence-electron chi connectivity index (χ1n) is 7.88. The van der Waals surface area contributed by atoms with Crippen molar-refractivity contribution in [3.63, 3.8) is 0 Å². The van der Waals surface area contributed by atoms with Crippen molar-refractivity contribution in [3.05, 3.63) is 75.0 Å². The molecular weight excluding hydrogens is 391 g/mol. The van der Waals surface area contributed by atoms with Crippen LogP contribution in [0.4, 0.5) is 4.39 Å². The molecule has 0 aliphatic heterocycles. The molecule has 1 aromatic carbocycles. The predicted octanol–water partition coefficient (Wildman–Crippen LogP) is 4.47. The summed E-state index contributed by atoms with van der Waals surface area (Å²) in [5, 5.41) is 6.35. The Kier molecular flexibility index (Phi) is 5.83. The minimum absolute atomic E-state index is 0.259. The lowest BCUT2D eigenvalue weighted by Crippen LogP contribution is -2.11. The number of ketones is 1. The number of esters is 1. The number of halogens is 2. The highest BCUT2D eigenvalue weighted by atomic mass is 35.5. The highest BCUT2D eigenvalue weighted by Gasteiger charge is 2.14. The molecule has 0 atom stereocenters. The third kappa shape index (κ3) is 4.50. The Hall–Kier alpha value is -2.77. The van der Waals surface area contributed by atoms with Gasteiger partial charge in [-0.3, -0.25) is 4.79 Å². The van der Waals surface area contributed by atoms with E-state index in [0.29, 0.717) is 21.8 Å². The molecule has 0 radical (unpaired) electrons. The average Bonchev–Trinajstić information content (AvgIpc) is 3.28. The van der Waals surface area contributed by atoms with Crippen molar-refractivity contribution in [3.8, 4) is 5.69 Å². The lowest BCUT2D eigenvalue weighted by Gasteiger charge is -2.02. The largest absolute Gasteiger partial charge is 0.454 e. The molecule has 3 rings (SSSR count). The zero-order chi connectivity index (χ0) is 19.4. The molecule has 0 saturated carbocycles. The molecule has 138 valence electrons. The van der Waals surface area contributed by atoms with Crippen LogP contribution in [0, 0.1) is 12.7 Å². The van der Waals surface area contributed by atoms with Crippen LogP contribution in [0.5, 0.6) is 0 Å². The third-order valence-electron chi connectivity index (χ3n) is 3.65. The zero-order valence-corrected chi connectivity index (χ0v) is 15.8. The van der Waals surface area contributed by atoms with Crippen LogP contribution in [0.2, 0.25) is 5.15 Å². The fourth-order valence-corrected chi connectivity index (χ4v) is 3.28. The summed E-state index contributed by atoms with van der Waals surface area (Å²) in [5.74, 6) is -1.28. The number of thiophene rings is 1. The Morgan fingerprint density at radius 1 is 1.30 bits per heavy atom. The smallest absolute Gasteiger partial charge is 0.331 e. The molecule has 27 heavy (non-hydrogen) atoms. The van der Waals surface area contributed by atoms with Gasteiger partial charge in [-0.25, -0.2) is 13.9 Å². The summed E-state index contributed by atoms with van der Waals surface area (Å²) >= 11 is 7.62. The molecule has 5 nitrogen and oxygen atoms in total. The predicted molar refractivity (Wildman–Crippen MR) is 102 cm³/mol. The minimum Gasteiger partial charge on any atom is -0.454 e. The van der Waals surface area contributed by atoms with Crippen LogP contribution in [-0.4, -0.2) is 28.1 Å². The highest BCUT2D eigenvalue weighted by molar-refractivity contribution is 7.12. The second kappa shape index (κ2) is 8.28. The van der Waals surface area contributed by atoms with Gasteiger partial charge in [-0.05, 0) is 48.7 Å². The summed E-state index contributed by atoms with van der Waals surface area (Å²) in [4.78, 5) is 24.2. The molecule has 0 saturated heterocycles. The molecule has 0 fully saturated rings. The maximum atomic E-state index is 13.1. The molecule has 8 heteroatoms. The maximum absolute atomic E-state index is 13.1. The molecule has 0 N–H and O–H groups in total. The topological polar surface area (TPSA) is 61.2 Å². The van der Waals surface area contributed by atoms with Gasteiger partial charge < -0.3 is 4.74 Å². The van der Waals surface area contributed by atoms with Crippen molar-refractivity contribution in [1.82, 2.24) is 9.78 Å². The van der Waals surface area contributed by atoms with Gasteiger partial charge in [-0.15, -0.1) is 11.3 Å². The number of hydrogen-bond acceptors (Lipinski definition) is 5. The van der Waals surface area contributed by atoms with E-state index < -0.39 is 5.97 Å². The highest BCUT2D eigenvalue weighted by Crippen LogP contribution is 2.25. The maximum Gasteiger partial charge on any atom is 0.331 e. The van der Waals surface area contributed by atoms with Gasteiger partial charge >= 0.3 is 5.97 Å². The summed E-state index contributed by atoms with van der Waals surface area (Å²) in [6.07, 6.45) is 2.66. The van der Waals surface area contributed by atoms with E-state index in [4.69, 9.17) is 16.3 Å². The Morgan fingerprint density at radius 3 is 2.70 bits per heavy atom. The van der Waals surface area contributed by atoms with Crippen LogP contribution in [-0.2, 0) is 9.53 Å². The first-order chi connectivity index (χ1) is 13.0. The van der Waals surface area contributed by atoms with Crippen molar-refractivity contribution in [2.45, 2.75) is 6.92 Å². The molecule has 0 spiro atoms. The number of nitrogens with zero attached hydrogens (tertiary/aromatic N) is 2. The van der Waals surface area contributed by atoms with E-state index in [-0.39, 0.29) is 23.4 Å². The quantitative estimate of drug-likeness (QED) is 0.345. The van der Waals surface area contributed by atoms with E-state index in [2.05, 4.69) is 5.10 Å². The lowest BCUT2D eigenvalue weighted by molar-refractivity contribution is -0.136. The standard InChI is InChI=1S/C19H14ClFN2O3S/c1-12-15(19(20)23(22-12)14-6-4-13(21)5-7-14)8-9-18(25)26-11-16(24)17-3-2-10-27-17/h2-10H,11H2,1H3/b9-8+. The van der Waals surface area contributed by atoms with Crippen LogP contribution in [0.15, 0.2) is 47.9 Å². The first kappa shape index (κ1) is 19.0. The van der Waals surface area contributed by atoms with Gasteiger partial charge in [-0.2, -0.15) is 5.10 Å². The van der Waals surface area contributed by atoms with Crippen LogP contribution in [0.25, 0.3) is 11.8 Å². The van der Waals surface area contributed by atoms with Gasteiger partial charge in [0, 0.05) is 11.6 Å². The van der Waals surface area contributed by atoms with E-state index >= 15 is 0 Å². The van der Waals surface area contributed by atoms with Gasteiger partial charge in [0.05, 0.1) is 16.3 Å². The number of carbonyl (C=O) groups is 2. The van der Waals surface area contributed by atoms with E-state index in [0.717, 1.165) is 0 Å². The average molecular weight is 405 g/mol. The van der Waals surface area contributed by atoms with Gasteiger partial charge in [-0.1, -0.05) is 17.7 Å².